The van der Waals surface area contributed by atoms with Gasteiger partial charge in [-0.2, -0.15) is 0 Å². The van der Waals surface area contributed by atoms with Gasteiger partial charge in [-0.1, -0.05) is 18.2 Å². The largest absolute Gasteiger partial charge is 0.370 e. The lowest BCUT2D eigenvalue weighted by Crippen LogP contribution is -2.40. The third kappa shape index (κ3) is 2.81. The van der Waals surface area contributed by atoms with Gasteiger partial charge in [0.15, 0.2) is 0 Å². The van der Waals surface area contributed by atoms with Crippen LogP contribution in [0, 0.1) is 11.8 Å². The molecular formula is C19H21N3O. The van der Waals surface area contributed by atoms with E-state index in [1.807, 2.05) is 53.7 Å². The number of benzene rings is 1. The van der Waals surface area contributed by atoms with Crippen LogP contribution in [0.1, 0.15) is 16.8 Å². The van der Waals surface area contributed by atoms with Gasteiger partial charge in [0.1, 0.15) is 0 Å². The Kier molecular flexibility index (Phi) is 3.74. The normalized spacial score (nSPS) is 23.7. The molecule has 2 fully saturated rings. The fourth-order valence-corrected chi connectivity index (χ4v) is 3.87. The summed E-state index contributed by atoms with van der Waals surface area (Å²) in [5, 5.41) is 0. The Morgan fingerprint density at radius 2 is 1.83 bits per heavy atom. The Balaban J connectivity index is 1.45. The highest BCUT2D eigenvalue weighted by molar-refractivity contribution is 5.94. The summed E-state index contributed by atoms with van der Waals surface area (Å²) in [6.45, 7) is 3.85. The van der Waals surface area contributed by atoms with E-state index in [1.165, 1.54) is 5.69 Å². The number of piperidine rings is 1. The predicted octanol–water partition coefficient (Wildman–Crippen LogP) is 2.68. The second-order valence-corrected chi connectivity index (χ2v) is 6.54. The van der Waals surface area contributed by atoms with Gasteiger partial charge in [0.2, 0.25) is 0 Å². The third-order valence-electron chi connectivity index (χ3n) is 5.12. The highest BCUT2D eigenvalue weighted by atomic mass is 16.2. The van der Waals surface area contributed by atoms with Gasteiger partial charge in [0.25, 0.3) is 5.91 Å². The molecule has 3 heterocycles. The summed E-state index contributed by atoms with van der Waals surface area (Å²) in [4.78, 5) is 21.3. The first-order valence-electron chi connectivity index (χ1n) is 8.30. The van der Waals surface area contributed by atoms with Crippen molar-refractivity contribution in [2.24, 2.45) is 11.8 Å². The Hall–Kier alpha value is -2.36. The van der Waals surface area contributed by atoms with E-state index >= 15 is 0 Å². The summed E-state index contributed by atoms with van der Waals surface area (Å²) >= 11 is 0. The van der Waals surface area contributed by atoms with Crippen LogP contribution in [0.15, 0.2) is 54.9 Å². The summed E-state index contributed by atoms with van der Waals surface area (Å²) in [6, 6.07) is 13.7. The number of carbonyl (C=O) groups excluding carboxylic acids is 1. The maximum Gasteiger partial charge on any atom is 0.253 e. The third-order valence-corrected chi connectivity index (χ3v) is 5.12. The highest BCUT2D eigenvalue weighted by Crippen LogP contribution is 2.33. The molecule has 1 aromatic heterocycles. The lowest BCUT2D eigenvalue weighted by molar-refractivity contribution is 0.0784. The zero-order chi connectivity index (χ0) is 15.6. The van der Waals surface area contributed by atoms with Gasteiger partial charge in [0, 0.05) is 37.9 Å². The summed E-state index contributed by atoms with van der Waals surface area (Å²) in [6.07, 6.45) is 4.90. The molecule has 2 atom stereocenters. The Bertz CT molecular complexity index is 674. The van der Waals surface area contributed by atoms with Crippen molar-refractivity contribution in [1.29, 1.82) is 0 Å². The molecule has 0 bridgehead atoms. The molecular weight excluding hydrogens is 286 g/mol. The fraction of sp³-hybridized carbons (Fsp3) is 0.368. The van der Waals surface area contributed by atoms with E-state index in [2.05, 4.69) is 16.0 Å². The summed E-state index contributed by atoms with van der Waals surface area (Å²) in [7, 11) is 0. The summed E-state index contributed by atoms with van der Waals surface area (Å²) in [5.74, 6) is 1.38. The quantitative estimate of drug-likeness (QED) is 0.856. The van der Waals surface area contributed by atoms with Crippen molar-refractivity contribution >= 4 is 11.6 Å². The number of aromatic nitrogens is 1. The number of nitrogens with zero attached hydrogens (tertiary/aromatic N) is 3. The molecule has 0 unspecified atom stereocenters. The molecule has 2 saturated heterocycles. The molecule has 1 amide bonds. The molecule has 118 valence electrons. The van der Waals surface area contributed by atoms with Crippen molar-refractivity contribution < 1.29 is 4.79 Å². The van der Waals surface area contributed by atoms with Crippen molar-refractivity contribution in [1.82, 2.24) is 9.88 Å². The van der Waals surface area contributed by atoms with Crippen LogP contribution < -0.4 is 4.90 Å². The molecule has 0 saturated carbocycles. The number of rotatable bonds is 2. The molecule has 2 aromatic rings. The molecule has 1 aromatic carbocycles. The molecule has 0 spiro atoms. The average Bonchev–Trinajstić information content (AvgIpc) is 3.06. The Morgan fingerprint density at radius 1 is 1.00 bits per heavy atom. The SMILES string of the molecule is O=C(c1ccccc1)N1C[C@H]2CCN(c3cccnc3)C[C@H]2C1. The lowest BCUT2D eigenvalue weighted by Gasteiger charge is -2.35. The smallest absolute Gasteiger partial charge is 0.253 e. The zero-order valence-corrected chi connectivity index (χ0v) is 13.1. The van der Waals surface area contributed by atoms with Crippen molar-refractivity contribution in [3.05, 3.63) is 60.4 Å². The van der Waals surface area contributed by atoms with E-state index in [-0.39, 0.29) is 5.91 Å². The minimum Gasteiger partial charge on any atom is -0.370 e. The molecule has 4 rings (SSSR count). The Labute approximate surface area is 136 Å². The topological polar surface area (TPSA) is 36.4 Å². The van der Waals surface area contributed by atoms with E-state index in [4.69, 9.17) is 0 Å². The number of carbonyl (C=O) groups is 1. The second-order valence-electron chi connectivity index (χ2n) is 6.54. The van der Waals surface area contributed by atoms with Crippen molar-refractivity contribution in [3.63, 3.8) is 0 Å². The molecule has 2 aliphatic rings. The van der Waals surface area contributed by atoms with Crippen LogP contribution in [0.25, 0.3) is 0 Å². The average molecular weight is 307 g/mol. The molecule has 2 aliphatic heterocycles. The van der Waals surface area contributed by atoms with Gasteiger partial charge in [-0.05, 0) is 42.5 Å². The highest BCUT2D eigenvalue weighted by Gasteiger charge is 2.39. The minimum absolute atomic E-state index is 0.174. The van der Waals surface area contributed by atoms with Gasteiger partial charge in [-0.15, -0.1) is 0 Å². The summed E-state index contributed by atoms with van der Waals surface area (Å²) in [5.41, 5.74) is 1.99. The van der Waals surface area contributed by atoms with Gasteiger partial charge in [-0.3, -0.25) is 9.78 Å². The molecule has 0 aliphatic carbocycles. The predicted molar refractivity (Wildman–Crippen MR) is 90.4 cm³/mol. The summed E-state index contributed by atoms with van der Waals surface area (Å²) < 4.78 is 0. The van der Waals surface area contributed by atoms with Crippen LogP contribution in [-0.4, -0.2) is 42.0 Å². The first kappa shape index (κ1) is 14.2. The van der Waals surface area contributed by atoms with E-state index in [0.29, 0.717) is 11.8 Å². The molecule has 4 nitrogen and oxygen atoms in total. The van der Waals surface area contributed by atoms with Crippen LogP contribution in [0.2, 0.25) is 0 Å². The van der Waals surface area contributed by atoms with Crippen molar-refractivity contribution in [2.45, 2.75) is 6.42 Å². The number of amides is 1. The van der Waals surface area contributed by atoms with Gasteiger partial charge in [0.05, 0.1) is 11.9 Å². The zero-order valence-electron chi connectivity index (χ0n) is 13.1. The van der Waals surface area contributed by atoms with Crippen LogP contribution in [0.3, 0.4) is 0 Å². The number of hydrogen-bond donors (Lipinski definition) is 0. The lowest BCUT2D eigenvalue weighted by atomic mass is 9.88. The fourth-order valence-electron chi connectivity index (χ4n) is 3.87. The van der Waals surface area contributed by atoms with Crippen LogP contribution in [0.4, 0.5) is 5.69 Å². The molecule has 23 heavy (non-hydrogen) atoms. The van der Waals surface area contributed by atoms with E-state index in [9.17, 15) is 4.79 Å². The van der Waals surface area contributed by atoms with Crippen molar-refractivity contribution in [3.8, 4) is 0 Å². The van der Waals surface area contributed by atoms with E-state index in [1.54, 1.807) is 0 Å². The molecule has 0 radical (unpaired) electrons. The second kappa shape index (κ2) is 6.03. The monoisotopic (exact) mass is 307 g/mol. The van der Waals surface area contributed by atoms with Gasteiger partial charge >= 0.3 is 0 Å². The van der Waals surface area contributed by atoms with Gasteiger partial charge in [-0.25, -0.2) is 0 Å². The number of pyridine rings is 1. The minimum atomic E-state index is 0.174. The maximum atomic E-state index is 12.6. The number of anilines is 1. The van der Waals surface area contributed by atoms with E-state index < -0.39 is 0 Å². The molecule has 4 heteroatoms. The van der Waals surface area contributed by atoms with Crippen LogP contribution >= 0.6 is 0 Å². The van der Waals surface area contributed by atoms with E-state index in [0.717, 1.165) is 38.2 Å². The number of fused-ring (bicyclic) bond motifs is 1. The standard InChI is InChI=1S/C19H21N3O/c23-19(15-5-2-1-3-6-15)22-12-16-8-10-21(13-17(16)14-22)18-7-4-9-20-11-18/h1-7,9,11,16-17H,8,10,12-14H2/t16-,17+/m1/s1. The Morgan fingerprint density at radius 3 is 2.61 bits per heavy atom. The first-order valence-corrected chi connectivity index (χ1v) is 8.30. The number of likely N-dealkylation sites (tertiary alicyclic amines) is 1. The maximum absolute atomic E-state index is 12.6. The van der Waals surface area contributed by atoms with Crippen LogP contribution in [0.5, 0.6) is 0 Å². The first-order chi connectivity index (χ1) is 11.3. The van der Waals surface area contributed by atoms with Crippen LogP contribution in [-0.2, 0) is 0 Å². The molecule has 0 N–H and O–H groups in total. The van der Waals surface area contributed by atoms with Gasteiger partial charge < -0.3 is 9.80 Å². The number of hydrogen-bond acceptors (Lipinski definition) is 3. The van der Waals surface area contributed by atoms with Crippen molar-refractivity contribution in [2.75, 3.05) is 31.1 Å².